The second kappa shape index (κ2) is 9.69. The Balaban J connectivity index is 1.61. The Morgan fingerprint density at radius 2 is 1.34 bits per heavy atom. The normalized spacial score (nSPS) is 16.9. The van der Waals surface area contributed by atoms with E-state index in [1.807, 2.05) is 84.9 Å². The van der Waals surface area contributed by atoms with Crippen molar-refractivity contribution in [2.24, 2.45) is 0 Å². The van der Waals surface area contributed by atoms with Crippen molar-refractivity contribution in [2.45, 2.75) is 12.6 Å². The number of hydrogen-bond donors (Lipinski definition) is 1. The Kier molecular flexibility index (Phi) is 6.14. The van der Waals surface area contributed by atoms with Gasteiger partial charge in [-0.25, -0.2) is 0 Å². The van der Waals surface area contributed by atoms with Crippen LogP contribution in [0.1, 0.15) is 22.7 Å². The van der Waals surface area contributed by atoms with E-state index in [-0.39, 0.29) is 17.9 Å². The topological polar surface area (TPSA) is 66.8 Å². The Morgan fingerprint density at radius 3 is 2.03 bits per heavy atom. The van der Waals surface area contributed by atoms with Gasteiger partial charge in [0.15, 0.2) is 0 Å². The lowest BCUT2D eigenvalue weighted by Gasteiger charge is -2.26. The summed E-state index contributed by atoms with van der Waals surface area (Å²) in [6.07, 6.45) is 0. The summed E-state index contributed by atoms with van der Waals surface area (Å²) in [6, 6.07) is 34.2. The molecule has 0 spiro atoms. The molecule has 0 radical (unpaired) electrons. The van der Waals surface area contributed by atoms with Crippen LogP contribution in [-0.2, 0) is 16.1 Å². The molecule has 1 unspecified atom stereocenters. The fourth-order valence-corrected chi connectivity index (χ4v) is 4.29. The first-order valence-electron chi connectivity index (χ1n) is 11.3. The van der Waals surface area contributed by atoms with Crippen molar-refractivity contribution in [3.05, 3.63) is 138 Å². The minimum atomic E-state index is -0.769. The number of nitrogens with zero attached hydrogens (tertiary/aromatic N) is 1. The molecule has 1 fully saturated rings. The molecule has 1 saturated heterocycles. The van der Waals surface area contributed by atoms with Crippen LogP contribution in [0.3, 0.4) is 0 Å². The van der Waals surface area contributed by atoms with Crippen molar-refractivity contribution in [3.63, 3.8) is 0 Å². The summed E-state index contributed by atoms with van der Waals surface area (Å²) in [5.74, 6) is -0.308. The zero-order chi connectivity index (χ0) is 24.2. The highest BCUT2D eigenvalue weighted by Crippen LogP contribution is 2.41. The number of carbonyl (C=O) groups excluding carboxylic acids is 2. The molecule has 35 heavy (non-hydrogen) atoms. The summed E-state index contributed by atoms with van der Waals surface area (Å²) in [7, 11) is 0. The smallest absolute Gasteiger partial charge is 0.295 e. The molecule has 0 bridgehead atoms. The number of ether oxygens (including phenoxy) is 1. The van der Waals surface area contributed by atoms with E-state index in [1.54, 1.807) is 30.3 Å². The average Bonchev–Trinajstić information content (AvgIpc) is 3.15. The molecule has 4 aromatic carbocycles. The predicted octanol–water partition coefficient (Wildman–Crippen LogP) is 6.10. The van der Waals surface area contributed by atoms with E-state index < -0.39 is 17.7 Å². The van der Waals surface area contributed by atoms with Gasteiger partial charge in [0.05, 0.1) is 11.6 Å². The molecule has 0 aliphatic carbocycles. The fourth-order valence-electron chi connectivity index (χ4n) is 4.29. The number of hydrogen-bond acceptors (Lipinski definition) is 4. The number of carbonyl (C=O) groups is 2. The molecular formula is C30H23NO4. The van der Waals surface area contributed by atoms with Gasteiger partial charge in [-0.3, -0.25) is 9.59 Å². The quantitative estimate of drug-likeness (QED) is 0.214. The van der Waals surface area contributed by atoms with Gasteiger partial charge in [0.1, 0.15) is 17.3 Å². The van der Waals surface area contributed by atoms with Crippen LogP contribution in [0.15, 0.2) is 121 Å². The number of amides is 1. The van der Waals surface area contributed by atoms with Gasteiger partial charge in [-0.2, -0.15) is 0 Å². The van der Waals surface area contributed by atoms with Crippen LogP contribution < -0.4 is 4.74 Å². The molecule has 5 heteroatoms. The van der Waals surface area contributed by atoms with E-state index >= 15 is 0 Å². The first-order chi connectivity index (χ1) is 17.1. The molecule has 5 nitrogen and oxygen atoms in total. The molecule has 4 aromatic rings. The molecule has 1 aliphatic rings. The number of aliphatic hydroxyl groups is 1. The Bertz CT molecular complexity index is 1380. The summed E-state index contributed by atoms with van der Waals surface area (Å²) in [5.41, 5.74) is 2.10. The Labute approximate surface area is 203 Å². The van der Waals surface area contributed by atoms with Crippen molar-refractivity contribution >= 4 is 17.4 Å². The predicted molar refractivity (Wildman–Crippen MR) is 134 cm³/mol. The maximum absolute atomic E-state index is 13.2. The summed E-state index contributed by atoms with van der Waals surface area (Å²) in [6.45, 7) is 0.228. The highest BCUT2D eigenvalue weighted by molar-refractivity contribution is 6.46. The van der Waals surface area contributed by atoms with Gasteiger partial charge in [0.2, 0.25) is 0 Å². The lowest BCUT2D eigenvalue weighted by Crippen LogP contribution is -2.29. The fraction of sp³-hybridized carbons (Fsp3) is 0.0667. The zero-order valence-electron chi connectivity index (χ0n) is 18.9. The SMILES string of the molecule is O=C1C(=O)N(Cc2ccccc2)C(c2cccc(Oc3ccccc3)c2)/C1=C(\O)c1ccccc1. The minimum Gasteiger partial charge on any atom is -0.507 e. The van der Waals surface area contributed by atoms with E-state index in [0.717, 1.165) is 5.56 Å². The summed E-state index contributed by atoms with van der Waals surface area (Å²) < 4.78 is 6.00. The second-order valence-electron chi connectivity index (χ2n) is 8.27. The molecule has 0 aromatic heterocycles. The third-order valence-electron chi connectivity index (χ3n) is 5.94. The lowest BCUT2D eigenvalue weighted by molar-refractivity contribution is -0.140. The highest BCUT2D eigenvalue weighted by Gasteiger charge is 2.46. The van der Waals surface area contributed by atoms with Crippen molar-refractivity contribution in [1.82, 2.24) is 4.90 Å². The molecule has 1 aliphatic heterocycles. The summed E-state index contributed by atoms with van der Waals surface area (Å²) in [5, 5.41) is 11.2. The molecule has 0 saturated carbocycles. The molecule has 1 atom stereocenters. The van der Waals surface area contributed by atoms with Gasteiger partial charge in [-0.15, -0.1) is 0 Å². The Morgan fingerprint density at radius 1 is 0.743 bits per heavy atom. The van der Waals surface area contributed by atoms with Crippen molar-refractivity contribution in [1.29, 1.82) is 0 Å². The van der Waals surface area contributed by atoms with Crippen LogP contribution in [0, 0.1) is 0 Å². The monoisotopic (exact) mass is 461 g/mol. The maximum Gasteiger partial charge on any atom is 0.295 e. The van der Waals surface area contributed by atoms with Gasteiger partial charge >= 0.3 is 0 Å². The largest absolute Gasteiger partial charge is 0.507 e. The zero-order valence-corrected chi connectivity index (χ0v) is 18.9. The van der Waals surface area contributed by atoms with Gasteiger partial charge in [-0.05, 0) is 35.4 Å². The number of likely N-dealkylation sites (tertiary alicyclic amines) is 1. The molecule has 1 heterocycles. The first-order valence-corrected chi connectivity index (χ1v) is 11.3. The molecular weight excluding hydrogens is 438 g/mol. The number of benzene rings is 4. The first kappa shape index (κ1) is 22.2. The van der Waals surface area contributed by atoms with Crippen LogP contribution in [0.4, 0.5) is 0 Å². The minimum absolute atomic E-state index is 0.0639. The molecule has 5 rings (SSSR count). The lowest BCUT2D eigenvalue weighted by atomic mass is 9.95. The van der Waals surface area contributed by atoms with Crippen molar-refractivity contribution in [2.75, 3.05) is 0 Å². The number of para-hydroxylation sites is 1. The maximum atomic E-state index is 13.2. The second-order valence-corrected chi connectivity index (χ2v) is 8.27. The molecule has 172 valence electrons. The number of rotatable bonds is 6. The van der Waals surface area contributed by atoms with Crippen LogP contribution in [0.25, 0.3) is 5.76 Å². The van der Waals surface area contributed by atoms with Crippen LogP contribution in [-0.4, -0.2) is 21.7 Å². The Hall–Kier alpha value is -4.64. The average molecular weight is 462 g/mol. The summed E-state index contributed by atoms with van der Waals surface area (Å²) >= 11 is 0. The van der Waals surface area contributed by atoms with Gasteiger partial charge in [0, 0.05) is 12.1 Å². The number of Topliss-reactive ketones (excluding diaryl/α,β-unsaturated/α-hetero) is 1. The van der Waals surface area contributed by atoms with Crippen LogP contribution in [0.5, 0.6) is 11.5 Å². The van der Waals surface area contributed by atoms with E-state index in [4.69, 9.17) is 4.74 Å². The highest BCUT2D eigenvalue weighted by atomic mass is 16.5. The van der Waals surface area contributed by atoms with E-state index in [2.05, 4.69) is 0 Å². The van der Waals surface area contributed by atoms with Crippen LogP contribution >= 0.6 is 0 Å². The third-order valence-corrected chi connectivity index (χ3v) is 5.94. The van der Waals surface area contributed by atoms with Crippen LogP contribution in [0.2, 0.25) is 0 Å². The van der Waals surface area contributed by atoms with Crippen molar-refractivity contribution < 1.29 is 19.4 Å². The molecule has 1 amide bonds. The van der Waals surface area contributed by atoms with Gasteiger partial charge in [-0.1, -0.05) is 91.0 Å². The molecule has 1 N–H and O–H groups in total. The standard InChI is InChI=1S/C30H23NO4/c32-28(22-13-6-2-7-14-22)26-27(31(30(34)29(26)33)20-21-11-4-1-5-12-21)23-15-10-18-25(19-23)35-24-16-8-3-9-17-24/h1-19,27,32H,20H2/b28-26+. The number of ketones is 1. The summed E-state index contributed by atoms with van der Waals surface area (Å²) in [4.78, 5) is 28.0. The van der Waals surface area contributed by atoms with E-state index in [9.17, 15) is 14.7 Å². The van der Waals surface area contributed by atoms with E-state index in [0.29, 0.717) is 22.6 Å². The van der Waals surface area contributed by atoms with Gasteiger partial charge in [0.25, 0.3) is 11.7 Å². The van der Waals surface area contributed by atoms with E-state index in [1.165, 1.54) is 4.90 Å². The van der Waals surface area contributed by atoms with Gasteiger partial charge < -0.3 is 14.7 Å². The third kappa shape index (κ3) is 4.57. The van der Waals surface area contributed by atoms with Crippen molar-refractivity contribution in [3.8, 4) is 11.5 Å². The number of aliphatic hydroxyl groups excluding tert-OH is 1.